The molecule has 2 heterocycles. The molecule has 0 unspecified atom stereocenters. The molecular weight excluding hydrogens is 363 g/mol. The van der Waals surface area contributed by atoms with E-state index < -0.39 is 0 Å². The fourth-order valence-corrected chi connectivity index (χ4v) is 3.94. The van der Waals surface area contributed by atoms with Crippen molar-refractivity contribution < 1.29 is 9.21 Å². The zero-order chi connectivity index (χ0) is 16.7. The maximum atomic E-state index is 12.4. The first-order valence-electron chi connectivity index (χ1n) is 7.20. The summed E-state index contributed by atoms with van der Waals surface area (Å²) in [5.41, 5.74) is 1.46. The third-order valence-electron chi connectivity index (χ3n) is 3.67. The monoisotopic (exact) mass is 372 g/mol. The van der Waals surface area contributed by atoms with Gasteiger partial charge in [-0.05, 0) is 48.5 Å². The Morgan fingerprint density at radius 2 is 1.79 bits per heavy atom. The average Bonchev–Trinajstić information content (AvgIpc) is 3.16. The summed E-state index contributed by atoms with van der Waals surface area (Å²) in [5, 5.41) is 1.15. The number of halogens is 2. The number of hydrogen-bond donors (Lipinski definition) is 0. The minimum Gasteiger partial charge on any atom is -0.457 e. The molecule has 0 bridgehead atoms. The van der Waals surface area contributed by atoms with Gasteiger partial charge in [0.15, 0.2) is 0 Å². The van der Waals surface area contributed by atoms with Crippen LogP contribution in [-0.2, 0) is 0 Å². The van der Waals surface area contributed by atoms with Crippen LogP contribution in [0.25, 0.3) is 17.4 Å². The highest BCUT2D eigenvalue weighted by Crippen LogP contribution is 2.41. The minimum absolute atomic E-state index is 0.0225. The van der Waals surface area contributed by atoms with Crippen molar-refractivity contribution in [3.8, 4) is 11.3 Å². The number of furan rings is 1. The minimum atomic E-state index is 0.0225. The maximum absolute atomic E-state index is 12.4. The van der Waals surface area contributed by atoms with Crippen LogP contribution in [0, 0.1) is 0 Å². The molecule has 0 fully saturated rings. The predicted molar refractivity (Wildman–Crippen MR) is 98.8 cm³/mol. The molecule has 0 saturated carbocycles. The van der Waals surface area contributed by atoms with Crippen molar-refractivity contribution in [2.75, 3.05) is 0 Å². The van der Waals surface area contributed by atoms with Gasteiger partial charge in [-0.1, -0.05) is 47.1 Å². The Kier molecular flexibility index (Phi) is 4.01. The summed E-state index contributed by atoms with van der Waals surface area (Å²) < 4.78 is 5.83. The van der Waals surface area contributed by atoms with Crippen LogP contribution in [0.5, 0.6) is 0 Å². The van der Waals surface area contributed by atoms with Crippen molar-refractivity contribution in [1.82, 2.24) is 0 Å². The van der Waals surface area contributed by atoms with E-state index in [9.17, 15) is 4.79 Å². The van der Waals surface area contributed by atoms with Gasteiger partial charge in [-0.25, -0.2) is 0 Å². The van der Waals surface area contributed by atoms with Crippen molar-refractivity contribution in [2.45, 2.75) is 4.90 Å². The third kappa shape index (κ3) is 2.80. The Balaban J connectivity index is 1.67. The molecule has 4 rings (SSSR count). The molecule has 0 radical (unpaired) electrons. The summed E-state index contributed by atoms with van der Waals surface area (Å²) in [6.45, 7) is 0. The van der Waals surface area contributed by atoms with E-state index in [1.165, 1.54) is 11.8 Å². The molecule has 1 aliphatic rings. The van der Waals surface area contributed by atoms with Gasteiger partial charge in [0.25, 0.3) is 0 Å². The maximum Gasteiger partial charge on any atom is 0.200 e. The van der Waals surface area contributed by atoms with Gasteiger partial charge in [0, 0.05) is 21.0 Å². The van der Waals surface area contributed by atoms with E-state index in [1.54, 1.807) is 24.3 Å². The molecule has 0 spiro atoms. The molecule has 5 heteroatoms. The molecule has 0 atom stereocenters. The molecule has 0 saturated heterocycles. The summed E-state index contributed by atoms with van der Waals surface area (Å²) in [6, 6.07) is 16.4. The summed E-state index contributed by atoms with van der Waals surface area (Å²) in [7, 11) is 0. The molecule has 0 aliphatic carbocycles. The van der Waals surface area contributed by atoms with E-state index in [0.717, 1.165) is 16.0 Å². The zero-order valence-electron chi connectivity index (χ0n) is 12.3. The van der Waals surface area contributed by atoms with E-state index >= 15 is 0 Å². The number of ketones is 1. The smallest absolute Gasteiger partial charge is 0.200 e. The third-order valence-corrected chi connectivity index (χ3v) is 5.33. The first kappa shape index (κ1) is 15.6. The van der Waals surface area contributed by atoms with Gasteiger partial charge in [0.1, 0.15) is 11.5 Å². The Labute approximate surface area is 153 Å². The number of Topliss-reactive ketones (excluding diaryl/α,β-unsaturated/α-hetero) is 1. The number of allylic oxidation sites excluding steroid dienone is 1. The summed E-state index contributed by atoms with van der Waals surface area (Å²) in [4.78, 5) is 14.0. The van der Waals surface area contributed by atoms with Crippen molar-refractivity contribution in [3.05, 3.63) is 80.9 Å². The second-order valence-corrected chi connectivity index (χ2v) is 7.19. The molecule has 1 aromatic heterocycles. The second-order valence-electron chi connectivity index (χ2n) is 5.26. The Morgan fingerprint density at radius 3 is 2.62 bits per heavy atom. The van der Waals surface area contributed by atoms with Crippen LogP contribution in [-0.4, -0.2) is 5.78 Å². The number of rotatable bonds is 2. The number of hydrogen-bond acceptors (Lipinski definition) is 3. The fraction of sp³-hybridized carbons (Fsp3) is 0. The van der Waals surface area contributed by atoms with E-state index in [1.807, 2.05) is 36.4 Å². The highest BCUT2D eigenvalue weighted by Gasteiger charge is 2.25. The van der Waals surface area contributed by atoms with Crippen molar-refractivity contribution >= 4 is 46.8 Å². The first-order valence-corrected chi connectivity index (χ1v) is 8.77. The normalized spacial score (nSPS) is 15.1. The predicted octanol–water partition coefficient (Wildman–Crippen LogP) is 6.58. The SMILES string of the molecule is O=C1/C(=C\c2ccc(-c3cc(Cl)ccc3Cl)o2)Sc2ccccc21. The van der Waals surface area contributed by atoms with Gasteiger partial charge < -0.3 is 4.42 Å². The second kappa shape index (κ2) is 6.17. The molecule has 1 aliphatic heterocycles. The number of fused-ring (bicyclic) bond motifs is 1. The van der Waals surface area contributed by atoms with Crippen molar-refractivity contribution in [2.24, 2.45) is 0 Å². The average molecular weight is 373 g/mol. The number of thioether (sulfide) groups is 1. The highest BCUT2D eigenvalue weighted by atomic mass is 35.5. The first-order chi connectivity index (χ1) is 11.6. The molecule has 2 aromatic carbocycles. The lowest BCUT2D eigenvalue weighted by molar-refractivity contribution is 0.104. The Hall–Kier alpha value is -1.94. The lowest BCUT2D eigenvalue weighted by atomic mass is 10.1. The van der Waals surface area contributed by atoms with Crippen LogP contribution >= 0.6 is 35.0 Å². The Bertz CT molecular complexity index is 989. The zero-order valence-corrected chi connectivity index (χ0v) is 14.6. The van der Waals surface area contributed by atoms with Crippen LogP contribution < -0.4 is 0 Å². The summed E-state index contributed by atoms with van der Waals surface area (Å²) >= 11 is 13.7. The number of carbonyl (C=O) groups is 1. The van der Waals surface area contributed by atoms with Gasteiger partial charge >= 0.3 is 0 Å². The van der Waals surface area contributed by atoms with Crippen LogP contribution in [0.2, 0.25) is 10.0 Å². The summed E-state index contributed by atoms with van der Waals surface area (Å²) in [6.07, 6.45) is 1.76. The lowest BCUT2D eigenvalue weighted by Gasteiger charge is -2.01. The van der Waals surface area contributed by atoms with Gasteiger partial charge in [0.2, 0.25) is 5.78 Å². The summed E-state index contributed by atoms with van der Waals surface area (Å²) in [5.74, 6) is 1.24. The topological polar surface area (TPSA) is 30.2 Å². The molecular formula is C19H10Cl2O2S. The van der Waals surface area contributed by atoms with Crippen molar-refractivity contribution in [3.63, 3.8) is 0 Å². The van der Waals surface area contributed by atoms with Gasteiger partial charge in [-0.15, -0.1) is 0 Å². The quantitative estimate of drug-likeness (QED) is 0.475. The number of benzene rings is 2. The van der Waals surface area contributed by atoms with E-state index in [0.29, 0.717) is 26.5 Å². The Morgan fingerprint density at radius 1 is 0.958 bits per heavy atom. The van der Waals surface area contributed by atoms with E-state index in [4.69, 9.17) is 27.6 Å². The van der Waals surface area contributed by atoms with Crippen molar-refractivity contribution in [1.29, 1.82) is 0 Å². The molecule has 3 aromatic rings. The van der Waals surface area contributed by atoms with E-state index in [-0.39, 0.29) is 5.78 Å². The standard InChI is InChI=1S/C19H10Cl2O2S/c20-11-5-7-15(21)14(9-11)16-8-6-12(23-16)10-18-19(22)13-3-1-2-4-17(13)24-18/h1-10H/b18-10+. The fourth-order valence-electron chi connectivity index (χ4n) is 2.53. The van der Waals surface area contributed by atoms with Gasteiger partial charge in [0.05, 0.1) is 9.93 Å². The van der Waals surface area contributed by atoms with Crippen LogP contribution in [0.3, 0.4) is 0 Å². The van der Waals surface area contributed by atoms with Crippen LogP contribution in [0.1, 0.15) is 16.1 Å². The molecule has 0 amide bonds. The molecule has 24 heavy (non-hydrogen) atoms. The molecule has 118 valence electrons. The lowest BCUT2D eigenvalue weighted by Crippen LogP contribution is -1.93. The van der Waals surface area contributed by atoms with E-state index in [2.05, 4.69) is 0 Å². The highest BCUT2D eigenvalue weighted by molar-refractivity contribution is 8.04. The molecule has 0 N–H and O–H groups in total. The van der Waals surface area contributed by atoms with Gasteiger partial charge in [-0.2, -0.15) is 0 Å². The van der Waals surface area contributed by atoms with Crippen LogP contribution in [0.4, 0.5) is 0 Å². The largest absolute Gasteiger partial charge is 0.457 e. The van der Waals surface area contributed by atoms with Gasteiger partial charge in [-0.3, -0.25) is 4.79 Å². The number of carbonyl (C=O) groups excluding carboxylic acids is 1. The van der Waals surface area contributed by atoms with Crippen LogP contribution in [0.15, 0.2) is 68.8 Å². The molecule has 2 nitrogen and oxygen atoms in total.